The van der Waals surface area contributed by atoms with Crippen molar-refractivity contribution in [2.45, 2.75) is 12.5 Å². The van der Waals surface area contributed by atoms with Crippen LogP contribution >= 0.6 is 0 Å². The zero-order valence-corrected chi connectivity index (χ0v) is 13.9. The summed E-state index contributed by atoms with van der Waals surface area (Å²) in [6, 6.07) is 25.1. The van der Waals surface area contributed by atoms with Gasteiger partial charge in [-0.15, -0.1) is 0 Å². The summed E-state index contributed by atoms with van der Waals surface area (Å²) >= 11 is 0. The summed E-state index contributed by atoms with van der Waals surface area (Å²) < 4.78 is 0. The Bertz CT molecular complexity index is 804. The molecule has 3 aromatic rings. The molecule has 0 aliphatic carbocycles. The molecule has 0 radical (unpaired) electrons. The van der Waals surface area contributed by atoms with E-state index >= 15 is 0 Å². The number of nitrogens with one attached hydrogen (secondary N) is 1. The van der Waals surface area contributed by atoms with Crippen molar-refractivity contribution in [1.82, 2.24) is 10.3 Å². The lowest BCUT2D eigenvalue weighted by atomic mass is 9.90. The van der Waals surface area contributed by atoms with Gasteiger partial charge in [0.2, 0.25) is 0 Å². The first kappa shape index (κ1) is 16.9. The summed E-state index contributed by atoms with van der Waals surface area (Å²) in [5.41, 5.74) is 4.92. The third-order valence-corrected chi connectivity index (χ3v) is 4.12. The lowest BCUT2D eigenvalue weighted by molar-refractivity contribution is 0.321. The second-order valence-corrected chi connectivity index (χ2v) is 5.75. The topological polar surface area (TPSA) is 57.5 Å². The maximum absolute atomic E-state index is 8.05. The molecule has 2 heterocycles. The Morgan fingerprint density at radius 3 is 2.48 bits per heavy atom. The molecule has 0 fully saturated rings. The average Bonchev–Trinajstić information content (AvgIpc) is 2.70. The number of rotatable bonds is 2. The first-order chi connectivity index (χ1) is 12.4. The number of hydrogen-bond acceptors (Lipinski definition) is 4. The van der Waals surface area contributed by atoms with Crippen LogP contribution in [0.5, 0.6) is 0 Å². The SMILES string of the molecule is ON=Cc1ccccn1.c1ccc(C2NCCc3ccccc32)cc1. The highest BCUT2D eigenvalue weighted by Crippen LogP contribution is 2.28. The van der Waals surface area contributed by atoms with Crippen LogP contribution in [0.3, 0.4) is 0 Å². The van der Waals surface area contributed by atoms with Crippen LogP contribution in [0.1, 0.15) is 28.4 Å². The number of oxime groups is 1. The number of benzene rings is 2. The Labute approximate surface area is 147 Å². The van der Waals surface area contributed by atoms with E-state index in [2.05, 4.69) is 70.1 Å². The minimum Gasteiger partial charge on any atom is -0.411 e. The largest absolute Gasteiger partial charge is 0.411 e. The van der Waals surface area contributed by atoms with Gasteiger partial charge in [0.1, 0.15) is 0 Å². The Kier molecular flexibility index (Phi) is 5.91. The second kappa shape index (κ2) is 8.76. The van der Waals surface area contributed by atoms with Gasteiger partial charge in [0.15, 0.2) is 0 Å². The lowest BCUT2D eigenvalue weighted by Gasteiger charge is -2.27. The van der Waals surface area contributed by atoms with Crippen molar-refractivity contribution in [3.8, 4) is 0 Å². The summed E-state index contributed by atoms with van der Waals surface area (Å²) in [5, 5.41) is 14.5. The van der Waals surface area contributed by atoms with Gasteiger partial charge in [-0.05, 0) is 35.2 Å². The minimum absolute atomic E-state index is 0.367. The third-order valence-electron chi connectivity index (χ3n) is 4.12. The number of fused-ring (bicyclic) bond motifs is 1. The van der Waals surface area contributed by atoms with Crippen LogP contribution in [0.15, 0.2) is 84.1 Å². The Hall–Kier alpha value is -2.98. The van der Waals surface area contributed by atoms with Gasteiger partial charge in [-0.25, -0.2) is 0 Å². The van der Waals surface area contributed by atoms with E-state index in [0.717, 1.165) is 13.0 Å². The van der Waals surface area contributed by atoms with Gasteiger partial charge in [-0.1, -0.05) is 65.8 Å². The maximum Gasteiger partial charge on any atom is 0.0918 e. The molecule has 25 heavy (non-hydrogen) atoms. The zero-order valence-electron chi connectivity index (χ0n) is 13.9. The van der Waals surface area contributed by atoms with E-state index in [9.17, 15) is 0 Å². The van der Waals surface area contributed by atoms with E-state index in [0.29, 0.717) is 11.7 Å². The number of pyridine rings is 1. The lowest BCUT2D eigenvalue weighted by Crippen LogP contribution is -2.30. The number of hydrogen-bond donors (Lipinski definition) is 2. The molecule has 126 valence electrons. The van der Waals surface area contributed by atoms with E-state index in [4.69, 9.17) is 5.21 Å². The third kappa shape index (κ3) is 4.52. The fraction of sp³-hybridized carbons (Fsp3) is 0.143. The van der Waals surface area contributed by atoms with Crippen molar-refractivity contribution < 1.29 is 5.21 Å². The fourth-order valence-corrected chi connectivity index (χ4v) is 2.96. The molecule has 4 heteroatoms. The van der Waals surface area contributed by atoms with Gasteiger partial charge in [-0.2, -0.15) is 0 Å². The molecule has 4 rings (SSSR count). The number of nitrogens with zero attached hydrogens (tertiary/aromatic N) is 2. The van der Waals surface area contributed by atoms with Crippen LogP contribution in [0.2, 0.25) is 0 Å². The molecule has 1 atom stereocenters. The highest BCUT2D eigenvalue weighted by Gasteiger charge is 2.19. The van der Waals surface area contributed by atoms with Crippen LogP contribution in [0, 0.1) is 0 Å². The number of aromatic nitrogens is 1. The van der Waals surface area contributed by atoms with Crippen LogP contribution in [0.4, 0.5) is 0 Å². The van der Waals surface area contributed by atoms with Crippen molar-refractivity contribution >= 4 is 6.21 Å². The first-order valence-electron chi connectivity index (χ1n) is 8.33. The summed E-state index contributed by atoms with van der Waals surface area (Å²) in [4.78, 5) is 3.86. The highest BCUT2D eigenvalue weighted by atomic mass is 16.4. The van der Waals surface area contributed by atoms with E-state index in [1.165, 1.54) is 22.9 Å². The highest BCUT2D eigenvalue weighted by molar-refractivity contribution is 5.75. The van der Waals surface area contributed by atoms with Gasteiger partial charge in [0.05, 0.1) is 18.0 Å². The van der Waals surface area contributed by atoms with Crippen molar-refractivity contribution in [1.29, 1.82) is 0 Å². The first-order valence-corrected chi connectivity index (χ1v) is 8.33. The van der Waals surface area contributed by atoms with Crippen molar-refractivity contribution in [2.24, 2.45) is 5.16 Å². The van der Waals surface area contributed by atoms with Crippen molar-refractivity contribution in [3.05, 3.63) is 101 Å². The second-order valence-electron chi connectivity index (χ2n) is 5.75. The maximum atomic E-state index is 8.05. The van der Waals surface area contributed by atoms with Gasteiger partial charge >= 0.3 is 0 Å². The molecule has 2 N–H and O–H groups in total. The van der Waals surface area contributed by atoms with Gasteiger partial charge < -0.3 is 10.5 Å². The normalized spacial score (nSPS) is 15.9. The molecule has 2 aromatic carbocycles. The van der Waals surface area contributed by atoms with Gasteiger partial charge in [0.25, 0.3) is 0 Å². The Balaban J connectivity index is 0.000000173. The molecular weight excluding hydrogens is 310 g/mol. The molecule has 0 saturated carbocycles. The Morgan fingerprint density at radius 2 is 1.72 bits per heavy atom. The average molecular weight is 331 g/mol. The quantitative estimate of drug-likeness (QED) is 0.426. The molecule has 0 amide bonds. The molecule has 0 spiro atoms. The van der Waals surface area contributed by atoms with E-state index in [1.807, 2.05) is 6.07 Å². The zero-order chi connectivity index (χ0) is 17.3. The van der Waals surface area contributed by atoms with Gasteiger partial charge in [0, 0.05) is 12.7 Å². The summed E-state index contributed by atoms with van der Waals surface area (Å²) in [7, 11) is 0. The molecule has 4 nitrogen and oxygen atoms in total. The minimum atomic E-state index is 0.367. The van der Waals surface area contributed by atoms with Gasteiger partial charge in [-0.3, -0.25) is 4.98 Å². The van der Waals surface area contributed by atoms with E-state index in [-0.39, 0.29) is 0 Å². The molecule has 0 bridgehead atoms. The predicted molar refractivity (Wildman–Crippen MR) is 100 cm³/mol. The van der Waals surface area contributed by atoms with Crippen LogP contribution in [-0.4, -0.2) is 23.0 Å². The summed E-state index contributed by atoms with van der Waals surface area (Å²) in [6.07, 6.45) is 4.05. The molecule has 1 unspecified atom stereocenters. The van der Waals surface area contributed by atoms with E-state index in [1.54, 1.807) is 18.3 Å². The predicted octanol–water partition coefficient (Wildman–Crippen LogP) is 3.81. The standard InChI is InChI=1S/C15H15N.C6H6N2O/c1-2-7-13(8-3-1)15-14-9-5-4-6-12(14)10-11-16-15;9-8-5-6-3-1-2-4-7-6/h1-9,15-16H,10-11H2;1-5,9H. The van der Waals surface area contributed by atoms with Crippen LogP contribution < -0.4 is 5.32 Å². The smallest absolute Gasteiger partial charge is 0.0918 e. The molecule has 1 aliphatic rings. The Morgan fingerprint density at radius 1 is 0.960 bits per heavy atom. The van der Waals surface area contributed by atoms with Crippen LogP contribution in [-0.2, 0) is 6.42 Å². The fourth-order valence-electron chi connectivity index (χ4n) is 2.96. The molecule has 1 aromatic heterocycles. The summed E-state index contributed by atoms with van der Waals surface area (Å²) in [5.74, 6) is 0. The van der Waals surface area contributed by atoms with Crippen LogP contribution in [0.25, 0.3) is 0 Å². The van der Waals surface area contributed by atoms with E-state index < -0.39 is 0 Å². The summed E-state index contributed by atoms with van der Waals surface area (Å²) in [6.45, 7) is 1.07. The van der Waals surface area contributed by atoms with Crippen molar-refractivity contribution in [2.75, 3.05) is 6.54 Å². The van der Waals surface area contributed by atoms with Crippen molar-refractivity contribution in [3.63, 3.8) is 0 Å². The molecule has 1 aliphatic heterocycles. The molecular formula is C21H21N3O. The monoisotopic (exact) mass is 331 g/mol. The molecule has 0 saturated heterocycles.